The minimum atomic E-state index is 0.129. The molecule has 24 heavy (non-hydrogen) atoms. The van der Waals surface area contributed by atoms with Gasteiger partial charge in [-0.25, -0.2) is 0 Å². The molecule has 2 aromatic rings. The van der Waals surface area contributed by atoms with Crippen LogP contribution in [0.25, 0.3) is 0 Å². The lowest BCUT2D eigenvalue weighted by Crippen LogP contribution is -3.06. The van der Waals surface area contributed by atoms with Crippen molar-refractivity contribution in [3.8, 4) is 11.5 Å². The Morgan fingerprint density at radius 1 is 1.17 bits per heavy atom. The van der Waals surface area contributed by atoms with Gasteiger partial charge in [-0.05, 0) is 24.1 Å². The Morgan fingerprint density at radius 3 is 2.46 bits per heavy atom. The van der Waals surface area contributed by atoms with Crippen LogP contribution in [0.2, 0.25) is 0 Å². The summed E-state index contributed by atoms with van der Waals surface area (Å²) in [7, 11) is 5.81. The van der Waals surface area contributed by atoms with Gasteiger partial charge in [0, 0.05) is 17.3 Å². The lowest BCUT2D eigenvalue weighted by molar-refractivity contribution is -0.890. The molecule has 2 rings (SSSR count). The van der Waals surface area contributed by atoms with Gasteiger partial charge in [-0.1, -0.05) is 37.3 Å². The Bertz CT molecular complexity index is 679. The molecule has 2 N–H and O–H groups in total. The Morgan fingerprint density at radius 2 is 1.88 bits per heavy atom. The van der Waals surface area contributed by atoms with E-state index in [1.54, 1.807) is 19.4 Å². The summed E-state index contributed by atoms with van der Waals surface area (Å²) in [5.74, 6) is 0.591. The molecule has 0 saturated heterocycles. The van der Waals surface area contributed by atoms with Gasteiger partial charge < -0.3 is 14.7 Å². The van der Waals surface area contributed by atoms with E-state index in [1.807, 2.05) is 12.1 Å². The molecule has 0 amide bonds. The topological polar surface area (TPSA) is 46.3 Å². The summed E-state index contributed by atoms with van der Waals surface area (Å²) in [6.45, 7) is 2.82. The number of rotatable bonds is 7. The summed E-state index contributed by atoms with van der Waals surface area (Å²) in [5, 5.41) is 10.1. The Labute approximate surface area is 144 Å². The molecule has 2 aromatic carbocycles. The van der Waals surface area contributed by atoms with Crippen molar-refractivity contribution in [1.29, 1.82) is 0 Å². The van der Waals surface area contributed by atoms with Gasteiger partial charge in [-0.2, -0.15) is 0 Å². The number of likely N-dealkylation sites (N-methyl/N-ethyl adjacent to an activating group) is 1. The van der Waals surface area contributed by atoms with Crippen molar-refractivity contribution in [2.24, 2.45) is 4.99 Å². The number of aliphatic imine (C=N–C) groups is 1. The van der Waals surface area contributed by atoms with E-state index in [9.17, 15) is 5.11 Å². The van der Waals surface area contributed by atoms with E-state index in [-0.39, 0.29) is 11.8 Å². The van der Waals surface area contributed by atoms with Crippen molar-refractivity contribution in [3.05, 3.63) is 59.2 Å². The van der Waals surface area contributed by atoms with Crippen molar-refractivity contribution >= 4 is 6.21 Å². The summed E-state index contributed by atoms with van der Waals surface area (Å²) in [4.78, 5) is 5.88. The molecule has 0 unspecified atom stereocenters. The molecule has 0 fully saturated rings. The molecule has 0 aromatic heterocycles. The number of phenolic OH excluding ortho intramolecular Hbond substituents is 1. The highest BCUT2D eigenvalue weighted by atomic mass is 16.5. The summed E-state index contributed by atoms with van der Waals surface area (Å²) in [5.41, 5.74) is 3.29. The van der Waals surface area contributed by atoms with Crippen LogP contribution in [0, 0.1) is 0 Å². The minimum Gasteiger partial charge on any atom is -0.504 e. The molecule has 1 atom stereocenters. The fourth-order valence-corrected chi connectivity index (χ4v) is 2.67. The maximum atomic E-state index is 10.1. The smallest absolute Gasteiger partial charge is 0.166 e. The Kier molecular flexibility index (Phi) is 6.38. The highest BCUT2D eigenvalue weighted by Crippen LogP contribution is 2.28. The molecule has 0 aliphatic rings. The molecule has 0 bridgehead atoms. The molecule has 0 aliphatic carbocycles. The molecule has 0 radical (unpaired) electrons. The van der Waals surface area contributed by atoms with Gasteiger partial charge in [0.2, 0.25) is 0 Å². The number of methoxy groups -OCH3 is 1. The van der Waals surface area contributed by atoms with Crippen molar-refractivity contribution in [3.63, 3.8) is 0 Å². The first-order valence-corrected chi connectivity index (χ1v) is 8.31. The zero-order valence-electron chi connectivity index (χ0n) is 14.9. The fourth-order valence-electron chi connectivity index (χ4n) is 2.67. The lowest BCUT2D eigenvalue weighted by atomic mass is 10.0. The number of aryl methyl sites for hydroxylation is 1. The van der Waals surface area contributed by atoms with Crippen LogP contribution < -0.4 is 9.64 Å². The molecule has 0 aliphatic heterocycles. The molecule has 0 heterocycles. The monoisotopic (exact) mass is 327 g/mol. The van der Waals surface area contributed by atoms with Crippen LogP contribution in [0.1, 0.15) is 29.7 Å². The van der Waals surface area contributed by atoms with Crippen LogP contribution in [0.4, 0.5) is 0 Å². The number of phenols is 1. The number of benzene rings is 2. The number of hydrogen-bond donors (Lipinski definition) is 2. The van der Waals surface area contributed by atoms with Gasteiger partial charge in [-0.3, -0.25) is 4.99 Å². The first-order chi connectivity index (χ1) is 11.6. The molecule has 0 saturated carbocycles. The van der Waals surface area contributed by atoms with E-state index < -0.39 is 0 Å². The van der Waals surface area contributed by atoms with Gasteiger partial charge in [0.25, 0.3) is 0 Å². The number of ether oxygens (including phenoxy) is 1. The van der Waals surface area contributed by atoms with Crippen LogP contribution in [-0.2, 0) is 6.42 Å². The predicted molar refractivity (Wildman–Crippen MR) is 98.5 cm³/mol. The van der Waals surface area contributed by atoms with Crippen LogP contribution in [-0.4, -0.2) is 39.1 Å². The predicted octanol–water partition coefficient (Wildman–Crippen LogP) is 2.27. The second-order valence-electron chi connectivity index (χ2n) is 6.12. The van der Waals surface area contributed by atoms with Crippen LogP contribution in [0.3, 0.4) is 0 Å². The summed E-state index contributed by atoms with van der Waals surface area (Å²) >= 11 is 0. The van der Waals surface area contributed by atoms with Gasteiger partial charge in [0.15, 0.2) is 11.5 Å². The highest BCUT2D eigenvalue weighted by Gasteiger charge is 2.17. The van der Waals surface area contributed by atoms with Gasteiger partial charge in [0.1, 0.15) is 6.04 Å². The fraction of sp³-hybridized carbons (Fsp3) is 0.350. The van der Waals surface area contributed by atoms with Gasteiger partial charge in [-0.15, -0.1) is 0 Å². The standard InChI is InChI=1S/C20H26N2O2/c1-5-15-9-11-16(12-10-15)18(22(2)3)14-21-13-17-7-6-8-19(24-4)20(17)23/h6-13,18,23H,5,14H2,1-4H3/p+1/t18-/m1/s1. The SMILES string of the molecule is CCc1ccc([C@@H](CN=Cc2cccc(OC)c2O)[NH+](C)C)cc1. The van der Waals surface area contributed by atoms with E-state index in [0.29, 0.717) is 17.9 Å². The average molecular weight is 327 g/mol. The van der Waals surface area contributed by atoms with Crippen LogP contribution >= 0.6 is 0 Å². The molecule has 4 nitrogen and oxygen atoms in total. The van der Waals surface area contributed by atoms with Crippen molar-refractivity contribution < 1.29 is 14.7 Å². The molecule has 128 valence electrons. The Balaban J connectivity index is 2.14. The first kappa shape index (κ1) is 18.0. The van der Waals surface area contributed by atoms with E-state index in [1.165, 1.54) is 16.0 Å². The van der Waals surface area contributed by atoms with E-state index in [4.69, 9.17) is 4.74 Å². The number of nitrogens with one attached hydrogen (secondary N) is 1. The maximum Gasteiger partial charge on any atom is 0.166 e. The Hall–Kier alpha value is -2.33. The minimum absolute atomic E-state index is 0.129. The molecular weight excluding hydrogens is 300 g/mol. The van der Waals surface area contributed by atoms with Crippen LogP contribution in [0.15, 0.2) is 47.5 Å². The zero-order chi connectivity index (χ0) is 17.5. The third-order valence-corrected chi connectivity index (χ3v) is 4.26. The number of nitrogens with zero attached hydrogens (tertiary/aromatic N) is 1. The largest absolute Gasteiger partial charge is 0.504 e. The van der Waals surface area contributed by atoms with Crippen LogP contribution in [0.5, 0.6) is 11.5 Å². The van der Waals surface area contributed by atoms with Crippen molar-refractivity contribution in [1.82, 2.24) is 0 Å². The zero-order valence-corrected chi connectivity index (χ0v) is 14.9. The van der Waals surface area contributed by atoms with Gasteiger partial charge >= 0.3 is 0 Å². The quantitative estimate of drug-likeness (QED) is 0.766. The third-order valence-electron chi connectivity index (χ3n) is 4.26. The maximum absolute atomic E-state index is 10.1. The molecule has 0 spiro atoms. The third kappa shape index (κ3) is 4.36. The van der Waals surface area contributed by atoms with E-state index >= 15 is 0 Å². The summed E-state index contributed by atoms with van der Waals surface area (Å²) < 4.78 is 5.13. The second kappa shape index (κ2) is 8.50. The van der Waals surface area contributed by atoms with Crippen molar-refractivity contribution in [2.75, 3.05) is 27.7 Å². The number of aromatic hydroxyl groups is 1. The van der Waals surface area contributed by atoms with E-state index in [2.05, 4.69) is 50.3 Å². The lowest BCUT2D eigenvalue weighted by Gasteiger charge is -2.20. The van der Waals surface area contributed by atoms with Gasteiger partial charge in [0.05, 0.1) is 27.7 Å². The second-order valence-corrected chi connectivity index (χ2v) is 6.12. The summed E-state index contributed by atoms with van der Waals surface area (Å²) in [6.07, 6.45) is 2.77. The highest BCUT2D eigenvalue weighted by molar-refractivity contribution is 5.84. The van der Waals surface area contributed by atoms with Crippen molar-refractivity contribution in [2.45, 2.75) is 19.4 Å². The number of hydrogen-bond acceptors (Lipinski definition) is 3. The normalized spacial score (nSPS) is 12.7. The average Bonchev–Trinajstić information content (AvgIpc) is 2.60. The number of para-hydroxylation sites is 1. The first-order valence-electron chi connectivity index (χ1n) is 8.31. The molecular formula is C20H27N2O2+. The molecule has 4 heteroatoms. The van der Waals surface area contributed by atoms with E-state index in [0.717, 1.165) is 6.42 Å². The summed E-state index contributed by atoms with van der Waals surface area (Å²) in [6, 6.07) is 14.4. The number of quaternary nitrogens is 1.